The van der Waals surface area contributed by atoms with Crippen LogP contribution in [0, 0.1) is 11.7 Å². The van der Waals surface area contributed by atoms with Crippen molar-refractivity contribution in [2.24, 2.45) is 5.92 Å². The topological polar surface area (TPSA) is 66.4 Å². The van der Waals surface area contributed by atoms with Gasteiger partial charge in [-0.15, -0.1) is 0 Å². The lowest BCUT2D eigenvalue weighted by Crippen LogP contribution is -2.34. The minimum absolute atomic E-state index is 0.125. The highest BCUT2D eigenvalue weighted by atomic mass is 19.1. The van der Waals surface area contributed by atoms with Crippen molar-refractivity contribution < 1.29 is 14.0 Å². The van der Waals surface area contributed by atoms with Gasteiger partial charge in [-0.3, -0.25) is 19.6 Å². The first-order valence-corrected chi connectivity index (χ1v) is 7.60. The third kappa shape index (κ3) is 3.40. The minimum Gasteiger partial charge on any atom is -0.339 e. The van der Waals surface area contributed by atoms with Gasteiger partial charge < -0.3 is 9.80 Å². The van der Waals surface area contributed by atoms with Crippen molar-refractivity contribution in [2.45, 2.75) is 13.0 Å². The van der Waals surface area contributed by atoms with Crippen molar-refractivity contribution in [3.8, 4) is 0 Å². The van der Waals surface area contributed by atoms with E-state index >= 15 is 0 Å². The lowest BCUT2D eigenvalue weighted by Gasteiger charge is -2.21. The van der Waals surface area contributed by atoms with E-state index in [0.29, 0.717) is 17.9 Å². The molecule has 3 rings (SSSR count). The molecule has 0 aliphatic carbocycles. The third-order valence-corrected chi connectivity index (χ3v) is 3.99. The maximum Gasteiger partial charge on any atom is 0.228 e. The van der Waals surface area contributed by atoms with Gasteiger partial charge in [-0.2, -0.15) is 0 Å². The number of hydrogen-bond acceptors (Lipinski definition) is 4. The Balaban J connectivity index is 1.67. The van der Waals surface area contributed by atoms with Gasteiger partial charge in [0.2, 0.25) is 11.8 Å². The molecule has 0 N–H and O–H groups in total. The Labute approximate surface area is 138 Å². The average Bonchev–Trinajstić information content (AvgIpc) is 2.97. The molecule has 1 saturated heterocycles. The van der Waals surface area contributed by atoms with Gasteiger partial charge in [-0.25, -0.2) is 4.39 Å². The largest absolute Gasteiger partial charge is 0.339 e. The highest BCUT2D eigenvalue weighted by Crippen LogP contribution is 2.26. The Kier molecular flexibility index (Phi) is 4.50. The second-order valence-electron chi connectivity index (χ2n) is 5.78. The Bertz CT molecular complexity index is 753. The molecule has 2 amide bonds. The number of benzene rings is 1. The van der Waals surface area contributed by atoms with Gasteiger partial charge in [0.05, 0.1) is 24.4 Å². The van der Waals surface area contributed by atoms with Gasteiger partial charge in [-0.05, 0) is 18.2 Å². The van der Waals surface area contributed by atoms with E-state index < -0.39 is 11.7 Å². The lowest BCUT2D eigenvalue weighted by atomic mass is 10.1. The Morgan fingerprint density at radius 3 is 2.96 bits per heavy atom. The van der Waals surface area contributed by atoms with Crippen LogP contribution in [0.4, 0.5) is 10.1 Å². The molecule has 1 aromatic heterocycles. The molecule has 1 atom stereocenters. The fourth-order valence-corrected chi connectivity index (χ4v) is 2.81. The predicted molar refractivity (Wildman–Crippen MR) is 85.4 cm³/mol. The normalized spacial score (nSPS) is 17.2. The predicted octanol–water partition coefficient (Wildman–Crippen LogP) is 1.63. The summed E-state index contributed by atoms with van der Waals surface area (Å²) in [5.74, 6) is -1.16. The molecular weight excluding hydrogens is 311 g/mol. The Morgan fingerprint density at radius 2 is 2.25 bits per heavy atom. The number of halogens is 1. The molecule has 1 aliphatic rings. The molecule has 6 nitrogen and oxygen atoms in total. The molecule has 1 fully saturated rings. The molecule has 2 aromatic rings. The molecule has 1 aromatic carbocycles. The highest BCUT2D eigenvalue weighted by Gasteiger charge is 2.36. The van der Waals surface area contributed by atoms with E-state index in [9.17, 15) is 14.0 Å². The molecule has 0 spiro atoms. The molecule has 2 heterocycles. The van der Waals surface area contributed by atoms with Crippen molar-refractivity contribution in [3.05, 3.63) is 54.4 Å². The van der Waals surface area contributed by atoms with E-state index in [1.165, 1.54) is 21.9 Å². The van der Waals surface area contributed by atoms with Crippen molar-refractivity contribution in [1.82, 2.24) is 14.9 Å². The van der Waals surface area contributed by atoms with E-state index in [4.69, 9.17) is 0 Å². The van der Waals surface area contributed by atoms with E-state index in [1.807, 2.05) is 0 Å². The molecule has 0 radical (unpaired) electrons. The quantitative estimate of drug-likeness (QED) is 0.855. The molecule has 1 aliphatic heterocycles. The van der Waals surface area contributed by atoms with E-state index in [2.05, 4.69) is 9.97 Å². The van der Waals surface area contributed by atoms with Gasteiger partial charge in [-0.1, -0.05) is 6.07 Å². The Morgan fingerprint density at radius 1 is 1.42 bits per heavy atom. The minimum atomic E-state index is -0.442. The number of aromatic nitrogens is 2. The van der Waals surface area contributed by atoms with Crippen LogP contribution in [0.3, 0.4) is 0 Å². The van der Waals surface area contributed by atoms with Gasteiger partial charge in [0.25, 0.3) is 0 Å². The smallest absolute Gasteiger partial charge is 0.228 e. The van der Waals surface area contributed by atoms with Crippen molar-refractivity contribution in [3.63, 3.8) is 0 Å². The van der Waals surface area contributed by atoms with Crippen LogP contribution in [0.1, 0.15) is 12.1 Å². The summed E-state index contributed by atoms with van der Waals surface area (Å²) in [6.45, 7) is 0.587. The SMILES string of the molecule is CN(Cc1cnccn1)C(=O)[C@H]1CC(=O)N(c2cccc(F)c2)C1. The summed E-state index contributed by atoms with van der Waals surface area (Å²) in [6, 6.07) is 5.83. The molecule has 124 valence electrons. The van der Waals surface area contributed by atoms with Crippen LogP contribution < -0.4 is 4.90 Å². The van der Waals surface area contributed by atoms with E-state index in [-0.39, 0.29) is 24.8 Å². The van der Waals surface area contributed by atoms with Crippen LogP contribution in [-0.4, -0.2) is 40.3 Å². The zero-order valence-electron chi connectivity index (χ0n) is 13.2. The first-order valence-electron chi connectivity index (χ1n) is 7.60. The summed E-state index contributed by atoms with van der Waals surface area (Å²) in [5, 5.41) is 0. The van der Waals surface area contributed by atoms with E-state index in [1.54, 1.807) is 37.8 Å². The summed E-state index contributed by atoms with van der Waals surface area (Å²) < 4.78 is 13.3. The van der Waals surface area contributed by atoms with Crippen LogP contribution in [0.5, 0.6) is 0 Å². The second-order valence-corrected chi connectivity index (χ2v) is 5.78. The zero-order valence-corrected chi connectivity index (χ0v) is 13.2. The van der Waals surface area contributed by atoms with Gasteiger partial charge in [0.1, 0.15) is 5.82 Å². The summed E-state index contributed by atoms with van der Waals surface area (Å²) in [7, 11) is 1.67. The standard InChI is InChI=1S/C17H17FN4O2/c1-21(11-14-9-19-5-6-20-14)17(24)12-7-16(23)22(10-12)15-4-2-3-13(18)8-15/h2-6,8-9,12H,7,10-11H2,1H3/t12-/m0/s1. The molecule has 0 bridgehead atoms. The summed E-state index contributed by atoms with van der Waals surface area (Å²) in [6.07, 6.45) is 4.86. The number of nitrogens with zero attached hydrogens (tertiary/aromatic N) is 4. The number of carbonyl (C=O) groups excluding carboxylic acids is 2. The van der Waals surface area contributed by atoms with E-state index in [0.717, 1.165) is 0 Å². The average molecular weight is 328 g/mol. The third-order valence-electron chi connectivity index (χ3n) is 3.99. The van der Waals surface area contributed by atoms with Crippen LogP contribution in [-0.2, 0) is 16.1 Å². The molecule has 0 saturated carbocycles. The number of hydrogen-bond donors (Lipinski definition) is 0. The van der Waals surface area contributed by atoms with Crippen LogP contribution >= 0.6 is 0 Å². The first kappa shape index (κ1) is 16.0. The number of carbonyl (C=O) groups is 2. The monoisotopic (exact) mass is 328 g/mol. The second kappa shape index (κ2) is 6.74. The van der Waals surface area contributed by atoms with Crippen LogP contribution in [0.2, 0.25) is 0 Å². The van der Waals surface area contributed by atoms with Crippen LogP contribution in [0.25, 0.3) is 0 Å². The number of amides is 2. The maximum absolute atomic E-state index is 13.3. The fourth-order valence-electron chi connectivity index (χ4n) is 2.81. The summed E-state index contributed by atoms with van der Waals surface area (Å²) in [4.78, 5) is 35.9. The highest BCUT2D eigenvalue weighted by molar-refractivity contribution is 6.00. The number of rotatable bonds is 4. The van der Waals surface area contributed by atoms with Crippen LogP contribution in [0.15, 0.2) is 42.9 Å². The summed E-state index contributed by atoms with van der Waals surface area (Å²) in [5.41, 5.74) is 1.16. The molecular formula is C17H17FN4O2. The lowest BCUT2D eigenvalue weighted by molar-refractivity contribution is -0.135. The zero-order chi connectivity index (χ0) is 17.1. The fraction of sp³-hybridized carbons (Fsp3) is 0.294. The number of anilines is 1. The Hall–Kier alpha value is -2.83. The molecule has 24 heavy (non-hydrogen) atoms. The maximum atomic E-state index is 13.3. The van der Waals surface area contributed by atoms with Gasteiger partial charge >= 0.3 is 0 Å². The first-order chi connectivity index (χ1) is 11.5. The molecule has 0 unspecified atom stereocenters. The summed E-state index contributed by atoms with van der Waals surface area (Å²) >= 11 is 0. The van der Waals surface area contributed by atoms with Gasteiger partial charge in [0.15, 0.2) is 0 Å². The van der Waals surface area contributed by atoms with Crippen molar-refractivity contribution in [1.29, 1.82) is 0 Å². The van der Waals surface area contributed by atoms with Crippen molar-refractivity contribution >= 4 is 17.5 Å². The van der Waals surface area contributed by atoms with Crippen molar-refractivity contribution in [2.75, 3.05) is 18.5 Å². The molecule has 7 heteroatoms. The van der Waals surface area contributed by atoms with Gasteiger partial charge in [0, 0.05) is 38.1 Å².